The molecule has 3 heterocycles. The minimum absolute atomic E-state index is 0.0866. The molecule has 1 N–H and O–H groups in total. The number of nitrogens with zero attached hydrogens (tertiary/aromatic N) is 2. The fourth-order valence-electron chi connectivity index (χ4n) is 4.02. The lowest BCUT2D eigenvalue weighted by Gasteiger charge is -2.36. The molecule has 6 nitrogen and oxygen atoms in total. The van der Waals surface area contributed by atoms with Crippen molar-refractivity contribution in [3.8, 4) is 5.19 Å². The van der Waals surface area contributed by atoms with Gasteiger partial charge in [-0.2, -0.15) is 13.2 Å². The highest BCUT2D eigenvalue weighted by atomic mass is 32.1. The lowest BCUT2D eigenvalue weighted by molar-refractivity contribution is -0.184. The number of carbonyl (C=O) groups is 1. The second kappa shape index (κ2) is 8.27. The Kier molecular flexibility index (Phi) is 5.54. The van der Waals surface area contributed by atoms with Crippen molar-refractivity contribution in [2.45, 2.75) is 30.7 Å². The van der Waals surface area contributed by atoms with E-state index in [9.17, 15) is 23.1 Å². The van der Waals surface area contributed by atoms with Crippen LogP contribution in [0, 0.1) is 0 Å². The van der Waals surface area contributed by atoms with E-state index in [1.165, 1.54) is 6.07 Å². The van der Waals surface area contributed by atoms with Crippen LogP contribution >= 0.6 is 11.3 Å². The molecule has 0 saturated carbocycles. The molecule has 1 amide bonds. The fourth-order valence-corrected chi connectivity index (χ4v) is 4.94. The Morgan fingerprint density at radius 1 is 1.15 bits per heavy atom. The largest absolute Gasteiger partial charge is 0.467 e. The van der Waals surface area contributed by atoms with Crippen LogP contribution in [-0.4, -0.2) is 53.3 Å². The highest BCUT2D eigenvalue weighted by Gasteiger charge is 2.38. The molecule has 0 bridgehead atoms. The van der Waals surface area contributed by atoms with Crippen LogP contribution in [-0.2, 0) is 16.5 Å². The molecule has 2 aliphatic rings. The zero-order valence-corrected chi connectivity index (χ0v) is 18.3. The summed E-state index contributed by atoms with van der Waals surface area (Å²) in [7, 11) is 0. The molecule has 2 fully saturated rings. The molecular weight excluding hydrogens is 457 g/mol. The maximum absolute atomic E-state index is 12.9. The SMILES string of the molecule is O=C(c1ccc(C2(O)COC2)cc1)N1CCC(Oc2nc3ccc(C(F)(F)F)cc3s2)CC1. The molecule has 0 radical (unpaired) electrons. The minimum atomic E-state index is -4.40. The summed E-state index contributed by atoms with van der Waals surface area (Å²) in [5.41, 5.74) is 0.0771. The highest BCUT2D eigenvalue weighted by Crippen LogP contribution is 2.36. The Labute approximate surface area is 191 Å². The number of likely N-dealkylation sites (tertiary alicyclic amines) is 1. The van der Waals surface area contributed by atoms with Gasteiger partial charge in [0.2, 0.25) is 0 Å². The minimum Gasteiger partial charge on any atom is -0.467 e. The average Bonchev–Trinajstić information content (AvgIpc) is 3.18. The lowest BCUT2D eigenvalue weighted by atomic mass is 9.91. The van der Waals surface area contributed by atoms with Gasteiger partial charge in [-0.05, 0) is 35.9 Å². The van der Waals surface area contributed by atoms with Gasteiger partial charge in [-0.3, -0.25) is 4.79 Å². The zero-order chi connectivity index (χ0) is 23.2. The predicted octanol–water partition coefficient (Wildman–Crippen LogP) is 4.22. The third-order valence-corrected chi connectivity index (χ3v) is 6.95. The van der Waals surface area contributed by atoms with Gasteiger partial charge < -0.3 is 19.5 Å². The Morgan fingerprint density at radius 2 is 1.85 bits per heavy atom. The summed E-state index contributed by atoms with van der Waals surface area (Å²) in [6.07, 6.45) is -3.36. The Bertz CT molecular complexity index is 1170. The molecule has 0 spiro atoms. The summed E-state index contributed by atoms with van der Waals surface area (Å²) in [5, 5.41) is 10.7. The van der Waals surface area contributed by atoms with E-state index >= 15 is 0 Å². The highest BCUT2D eigenvalue weighted by molar-refractivity contribution is 7.20. The number of aromatic nitrogens is 1. The number of aliphatic hydroxyl groups is 1. The molecule has 10 heteroatoms. The number of fused-ring (bicyclic) bond motifs is 1. The van der Waals surface area contributed by atoms with E-state index < -0.39 is 17.3 Å². The number of rotatable bonds is 4. The molecule has 1 aromatic heterocycles. The zero-order valence-electron chi connectivity index (χ0n) is 17.5. The number of hydrogen-bond acceptors (Lipinski definition) is 6. The van der Waals surface area contributed by atoms with E-state index in [0.717, 1.165) is 29.0 Å². The summed E-state index contributed by atoms with van der Waals surface area (Å²) < 4.78 is 50.2. The Morgan fingerprint density at radius 3 is 2.45 bits per heavy atom. The van der Waals surface area contributed by atoms with Crippen LogP contribution in [0.5, 0.6) is 5.19 Å². The van der Waals surface area contributed by atoms with Gasteiger partial charge in [0.05, 0.1) is 29.0 Å². The molecule has 0 atom stereocenters. The quantitative estimate of drug-likeness (QED) is 0.608. The Balaban J connectivity index is 1.18. The van der Waals surface area contributed by atoms with Crippen molar-refractivity contribution in [1.82, 2.24) is 9.88 Å². The molecule has 33 heavy (non-hydrogen) atoms. The molecule has 2 saturated heterocycles. The summed E-state index contributed by atoms with van der Waals surface area (Å²) in [4.78, 5) is 18.9. The topological polar surface area (TPSA) is 71.9 Å². The predicted molar refractivity (Wildman–Crippen MR) is 115 cm³/mol. The Hall–Kier alpha value is -2.69. The van der Waals surface area contributed by atoms with Crippen molar-refractivity contribution in [2.24, 2.45) is 0 Å². The number of carbonyl (C=O) groups excluding carboxylic acids is 1. The van der Waals surface area contributed by atoms with Crippen LogP contribution in [0.15, 0.2) is 42.5 Å². The first-order valence-corrected chi connectivity index (χ1v) is 11.4. The molecule has 2 aliphatic heterocycles. The number of amides is 1. The van der Waals surface area contributed by atoms with Crippen molar-refractivity contribution in [1.29, 1.82) is 0 Å². The van der Waals surface area contributed by atoms with Crippen LogP contribution in [0.2, 0.25) is 0 Å². The van der Waals surface area contributed by atoms with Gasteiger partial charge in [0, 0.05) is 31.5 Å². The van der Waals surface area contributed by atoms with Crippen molar-refractivity contribution in [2.75, 3.05) is 26.3 Å². The number of thiazole rings is 1. The normalized spacial score (nSPS) is 18.8. The number of benzene rings is 2. The first-order valence-electron chi connectivity index (χ1n) is 10.6. The van der Waals surface area contributed by atoms with E-state index in [0.29, 0.717) is 46.9 Å². The smallest absolute Gasteiger partial charge is 0.416 e. The molecular formula is C23H21F3N2O4S. The van der Waals surface area contributed by atoms with Gasteiger partial charge >= 0.3 is 6.18 Å². The fraction of sp³-hybridized carbons (Fsp3) is 0.391. The summed E-state index contributed by atoms with van der Waals surface area (Å²) in [5.74, 6) is -0.0866. The lowest BCUT2D eigenvalue weighted by Crippen LogP contribution is -2.46. The molecule has 0 aliphatic carbocycles. The van der Waals surface area contributed by atoms with Crippen LogP contribution in [0.3, 0.4) is 0 Å². The van der Waals surface area contributed by atoms with Crippen molar-refractivity contribution in [3.63, 3.8) is 0 Å². The monoisotopic (exact) mass is 478 g/mol. The summed E-state index contributed by atoms with van der Waals surface area (Å²) in [6.45, 7) is 1.52. The van der Waals surface area contributed by atoms with Gasteiger partial charge in [0.25, 0.3) is 11.1 Å². The second-order valence-electron chi connectivity index (χ2n) is 8.37. The number of hydrogen-bond donors (Lipinski definition) is 1. The number of ether oxygens (including phenoxy) is 2. The van der Waals surface area contributed by atoms with Gasteiger partial charge in [0.1, 0.15) is 11.7 Å². The second-order valence-corrected chi connectivity index (χ2v) is 9.36. The van der Waals surface area contributed by atoms with E-state index in [2.05, 4.69) is 4.98 Å². The average molecular weight is 478 g/mol. The van der Waals surface area contributed by atoms with Crippen molar-refractivity contribution < 1.29 is 32.5 Å². The molecule has 5 rings (SSSR count). The summed E-state index contributed by atoms with van der Waals surface area (Å²) in [6, 6.07) is 10.4. The van der Waals surface area contributed by atoms with Gasteiger partial charge in [-0.1, -0.05) is 23.5 Å². The first-order chi connectivity index (χ1) is 15.7. The van der Waals surface area contributed by atoms with E-state index in [1.54, 1.807) is 29.2 Å². The van der Waals surface area contributed by atoms with Gasteiger partial charge in [-0.25, -0.2) is 4.98 Å². The number of alkyl halides is 3. The van der Waals surface area contributed by atoms with E-state index in [-0.39, 0.29) is 25.2 Å². The molecule has 174 valence electrons. The molecule has 0 unspecified atom stereocenters. The van der Waals surface area contributed by atoms with E-state index in [4.69, 9.17) is 9.47 Å². The van der Waals surface area contributed by atoms with Crippen LogP contribution in [0.4, 0.5) is 13.2 Å². The third-order valence-electron chi connectivity index (χ3n) is 6.04. The van der Waals surface area contributed by atoms with Crippen molar-refractivity contribution in [3.05, 3.63) is 59.2 Å². The third kappa shape index (κ3) is 4.42. The van der Waals surface area contributed by atoms with Gasteiger partial charge in [0.15, 0.2) is 0 Å². The maximum atomic E-state index is 12.9. The first kappa shape index (κ1) is 22.1. The number of piperidine rings is 1. The van der Waals surface area contributed by atoms with Gasteiger partial charge in [-0.15, -0.1) is 0 Å². The maximum Gasteiger partial charge on any atom is 0.416 e. The number of halogens is 3. The van der Waals surface area contributed by atoms with Crippen LogP contribution < -0.4 is 4.74 Å². The van der Waals surface area contributed by atoms with Crippen LogP contribution in [0.1, 0.15) is 34.3 Å². The standard InChI is InChI=1S/C23H21F3N2O4S/c24-23(25,26)16-5-6-18-19(11-16)33-21(27-18)32-17-7-9-28(10-8-17)20(29)14-1-3-15(4-2-14)22(30)12-31-13-22/h1-6,11,17,30H,7-10,12-13H2. The summed E-state index contributed by atoms with van der Waals surface area (Å²) >= 11 is 1.09. The van der Waals surface area contributed by atoms with Crippen LogP contribution in [0.25, 0.3) is 10.2 Å². The molecule has 3 aromatic rings. The van der Waals surface area contributed by atoms with Crippen molar-refractivity contribution >= 4 is 27.5 Å². The van der Waals surface area contributed by atoms with E-state index in [1.807, 2.05) is 0 Å². The molecule has 2 aromatic carbocycles.